The molecule has 3 heteroatoms. The van der Waals surface area contributed by atoms with E-state index in [0.717, 1.165) is 27.1 Å². The Morgan fingerprint density at radius 1 is 0.643 bits per heavy atom. The van der Waals surface area contributed by atoms with Gasteiger partial charge < -0.3 is 4.90 Å². The zero-order valence-corrected chi connectivity index (χ0v) is 24.1. The summed E-state index contributed by atoms with van der Waals surface area (Å²) in [6, 6.07) is 32.0. The second-order valence-corrected chi connectivity index (χ2v) is 12.7. The molecule has 0 amide bonds. The molecule has 0 atom stereocenters. The molecule has 5 aromatic carbocycles. The van der Waals surface area contributed by atoms with E-state index in [0.29, 0.717) is 17.2 Å². The van der Waals surface area contributed by atoms with E-state index in [2.05, 4.69) is 85.5 Å². The third-order valence-corrected chi connectivity index (χ3v) is 9.86. The van der Waals surface area contributed by atoms with Crippen molar-refractivity contribution >= 4 is 50.6 Å². The van der Waals surface area contributed by atoms with Crippen LogP contribution in [0.5, 0.6) is 0 Å². The predicted molar refractivity (Wildman–Crippen MR) is 172 cm³/mol. The molecule has 3 aliphatic rings. The Morgan fingerprint density at radius 3 is 1.90 bits per heavy atom. The van der Waals surface area contributed by atoms with Crippen molar-refractivity contribution in [3.8, 4) is 0 Å². The minimum atomic E-state index is -0.210. The number of fused-ring (bicyclic) bond motifs is 5. The molecule has 2 aliphatic carbocycles. The lowest BCUT2D eigenvalue weighted by molar-refractivity contribution is 0.0990. The smallest absolute Gasteiger partial charge is 0.197 e. The zero-order chi connectivity index (χ0) is 28.6. The molecule has 0 aromatic heterocycles. The molecule has 0 spiro atoms. The Kier molecular flexibility index (Phi) is 5.56. The van der Waals surface area contributed by atoms with Gasteiger partial charge in [-0.2, -0.15) is 0 Å². The van der Waals surface area contributed by atoms with Gasteiger partial charge in [-0.1, -0.05) is 81.6 Å². The topological polar surface area (TPSA) is 37.4 Å². The Morgan fingerprint density at radius 2 is 1.24 bits per heavy atom. The van der Waals surface area contributed by atoms with Crippen LogP contribution in [0.15, 0.2) is 96.6 Å². The molecule has 1 fully saturated rings. The summed E-state index contributed by atoms with van der Waals surface area (Å²) in [7, 11) is 0. The summed E-state index contributed by atoms with van der Waals surface area (Å²) >= 11 is 0. The van der Waals surface area contributed by atoms with Gasteiger partial charge in [0.2, 0.25) is 0 Å². The average Bonchev–Trinajstić information content (AvgIpc) is 3.23. The third-order valence-electron chi connectivity index (χ3n) is 9.86. The Labute approximate surface area is 246 Å². The first-order chi connectivity index (χ1) is 20.4. The summed E-state index contributed by atoms with van der Waals surface area (Å²) in [5.74, 6) is -0.368. The molecule has 0 unspecified atom stereocenters. The highest BCUT2D eigenvalue weighted by molar-refractivity contribution is 6.42. The molecular formula is C39H33NO2. The average molecular weight is 548 g/mol. The predicted octanol–water partition coefficient (Wildman–Crippen LogP) is 9.57. The van der Waals surface area contributed by atoms with Gasteiger partial charge in [-0.05, 0) is 99.6 Å². The van der Waals surface area contributed by atoms with Crippen LogP contribution in [0, 0.1) is 0 Å². The van der Waals surface area contributed by atoms with E-state index in [-0.39, 0.29) is 22.6 Å². The number of nitrogens with zero attached hydrogens (tertiary/aromatic N) is 1. The van der Waals surface area contributed by atoms with Crippen molar-refractivity contribution in [3.63, 3.8) is 0 Å². The van der Waals surface area contributed by atoms with Crippen LogP contribution in [0.4, 0.5) is 11.4 Å². The van der Waals surface area contributed by atoms with Crippen LogP contribution in [0.25, 0.3) is 27.6 Å². The van der Waals surface area contributed by atoms with E-state index in [9.17, 15) is 9.59 Å². The van der Waals surface area contributed by atoms with Gasteiger partial charge >= 0.3 is 0 Å². The van der Waals surface area contributed by atoms with Gasteiger partial charge in [0, 0.05) is 34.0 Å². The first kappa shape index (κ1) is 25.2. The van der Waals surface area contributed by atoms with Crippen molar-refractivity contribution in [3.05, 3.63) is 124 Å². The van der Waals surface area contributed by atoms with Gasteiger partial charge in [-0.25, -0.2) is 0 Å². The first-order valence-electron chi connectivity index (χ1n) is 15.2. The number of allylic oxidation sites excluding steroid dienone is 1. The summed E-state index contributed by atoms with van der Waals surface area (Å²) < 4.78 is 0. The van der Waals surface area contributed by atoms with Crippen molar-refractivity contribution in [2.24, 2.45) is 0 Å². The molecule has 0 radical (unpaired) electrons. The van der Waals surface area contributed by atoms with Crippen LogP contribution in [0.2, 0.25) is 0 Å². The van der Waals surface area contributed by atoms with Crippen molar-refractivity contribution in [2.45, 2.75) is 57.4 Å². The summed E-state index contributed by atoms with van der Waals surface area (Å²) in [6.07, 6.45) is 8.06. The molecule has 5 aromatic rings. The summed E-state index contributed by atoms with van der Waals surface area (Å²) in [5.41, 5.74) is 7.07. The maximum absolute atomic E-state index is 13.7. The molecule has 1 aliphatic heterocycles. The molecule has 0 saturated heterocycles. The first-order valence-corrected chi connectivity index (χ1v) is 15.2. The molecule has 3 nitrogen and oxygen atoms in total. The Balaban J connectivity index is 1.22. The quantitative estimate of drug-likeness (QED) is 0.125. The van der Waals surface area contributed by atoms with Gasteiger partial charge in [-0.15, -0.1) is 0 Å². The molecular weight excluding hydrogens is 514 g/mol. The second kappa shape index (κ2) is 9.25. The number of ketones is 2. The van der Waals surface area contributed by atoms with Crippen LogP contribution >= 0.6 is 0 Å². The highest BCUT2D eigenvalue weighted by atomic mass is 16.2. The van der Waals surface area contributed by atoms with E-state index in [1.807, 2.05) is 30.3 Å². The maximum atomic E-state index is 13.7. The van der Waals surface area contributed by atoms with Crippen LogP contribution < -0.4 is 4.90 Å². The number of Topliss-reactive ketones (excluding diaryl/α,β-unsaturated/α-hetero) is 2. The van der Waals surface area contributed by atoms with Crippen LogP contribution in [-0.4, -0.2) is 17.6 Å². The van der Waals surface area contributed by atoms with Gasteiger partial charge in [0.15, 0.2) is 11.6 Å². The summed E-state index contributed by atoms with van der Waals surface area (Å²) in [4.78, 5) is 29.9. The number of hydrogen-bond donors (Lipinski definition) is 0. The van der Waals surface area contributed by atoms with Crippen molar-refractivity contribution in [1.29, 1.82) is 0 Å². The van der Waals surface area contributed by atoms with E-state index < -0.39 is 0 Å². The number of anilines is 2. The van der Waals surface area contributed by atoms with Crippen LogP contribution in [-0.2, 0) is 5.41 Å². The van der Waals surface area contributed by atoms with Gasteiger partial charge in [0.05, 0.1) is 5.57 Å². The monoisotopic (exact) mass is 547 g/mol. The number of hydrogen-bond acceptors (Lipinski definition) is 3. The Bertz CT molecular complexity index is 1910. The fourth-order valence-corrected chi connectivity index (χ4v) is 7.63. The highest BCUT2D eigenvalue weighted by Crippen LogP contribution is 2.51. The molecule has 8 rings (SSSR count). The molecule has 1 saturated carbocycles. The third kappa shape index (κ3) is 3.73. The number of carbonyl (C=O) groups excluding carboxylic acids is 2. The molecule has 0 N–H and O–H groups in total. The van der Waals surface area contributed by atoms with Crippen molar-refractivity contribution < 1.29 is 9.59 Å². The maximum Gasteiger partial charge on any atom is 0.197 e. The lowest BCUT2D eigenvalue weighted by Gasteiger charge is -2.46. The lowest BCUT2D eigenvalue weighted by Crippen LogP contribution is -2.40. The standard InChI is InChI=1S/C39H33NO2/c1-39(2)33-14-8-9-15-35(33)40(29-12-4-3-5-13-29)36-17-16-24(19-34(36)39)18-32-37(41)30-22-27-20-25-10-6-7-11-26(25)21-28(27)23-31(30)38(32)42/h6-11,14-23,29H,3-5,12-13H2,1-2H3. The summed E-state index contributed by atoms with van der Waals surface area (Å²) in [6.45, 7) is 4.58. The van der Waals surface area contributed by atoms with Crippen molar-refractivity contribution in [1.82, 2.24) is 0 Å². The SMILES string of the molecule is CC1(C)c2ccccc2N(C2CCCCC2)c2ccc(C=C3C(=O)c4cc5cc6ccccc6cc5cc4C3=O)cc21. The molecule has 206 valence electrons. The van der Waals surface area contributed by atoms with E-state index in [1.165, 1.54) is 54.6 Å². The van der Waals surface area contributed by atoms with Crippen LogP contribution in [0.1, 0.15) is 83.4 Å². The fraction of sp³-hybridized carbons (Fsp3) is 0.231. The number of carbonyl (C=O) groups is 2. The van der Waals surface area contributed by atoms with Gasteiger partial charge in [0.25, 0.3) is 0 Å². The number of benzene rings is 5. The molecule has 1 heterocycles. The zero-order valence-electron chi connectivity index (χ0n) is 24.1. The molecule has 42 heavy (non-hydrogen) atoms. The fourth-order valence-electron chi connectivity index (χ4n) is 7.63. The lowest BCUT2D eigenvalue weighted by atomic mass is 9.72. The highest BCUT2D eigenvalue weighted by Gasteiger charge is 2.39. The van der Waals surface area contributed by atoms with E-state index >= 15 is 0 Å². The Hall–Kier alpha value is -4.50. The van der Waals surface area contributed by atoms with Crippen LogP contribution in [0.3, 0.4) is 0 Å². The van der Waals surface area contributed by atoms with E-state index in [4.69, 9.17) is 0 Å². The van der Waals surface area contributed by atoms with Gasteiger partial charge in [-0.3, -0.25) is 9.59 Å². The minimum absolute atomic E-state index is 0.184. The minimum Gasteiger partial charge on any atom is -0.338 e. The van der Waals surface area contributed by atoms with Gasteiger partial charge in [0.1, 0.15) is 0 Å². The van der Waals surface area contributed by atoms with E-state index in [1.54, 1.807) is 0 Å². The second-order valence-electron chi connectivity index (χ2n) is 12.7. The number of para-hydroxylation sites is 1. The largest absolute Gasteiger partial charge is 0.338 e. The normalized spacial score (nSPS) is 17.9. The number of rotatable bonds is 2. The van der Waals surface area contributed by atoms with Crippen molar-refractivity contribution in [2.75, 3.05) is 4.90 Å². The summed E-state index contributed by atoms with van der Waals surface area (Å²) in [5, 5.41) is 4.20. The molecule has 0 bridgehead atoms.